The first-order chi connectivity index (χ1) is 45.0. The van der Waals surface area contributed by atoms with Crippen LogP contribution in [-0.2, 0) is 32.7 Å². The Balaban J connectivity index is 3.99. The van der Waals surface area contributed by atoms with E-state index < -0.39 is 26.5 Å². The molecule has 0 fully saturated rings. The van der Waals surface area contributed by atoms with Crippen molar-refractivity contribution < 1.29 is 42.1 Å². The van der Waals surface area contributed by atoms with Gasteiger partial charge in [-0.1, -0.05) is 334 Å². The van der Waals surface area contributed by atoms with Gasteiger partial charge in [-0.05, 0) is 109 Å². The molecule has 0 amide bonds. The highest BCUT2D eigenvalue weighted by molar-refractivity contribution is 7.45. The molecule has 528 valence electrons. The van der Waals surface area contributed by atoms with Crippen molar-refractivity contribution in [2.45, 2.75) is 328 Å². The lowest BCUT2D eigenvalue weighted by Gasteiger charge is -2.28. The number of allylic oxidation sites excluding steroid dienone is 22. The monoisotopic (exact) mass is 1300 g/mol. The van der Waals surface area contributed by atoms with Crippen LogP contribution in [-0.4, -0.2) is 70.0 Å². The van der Waals surface area contributed by atoms with Crippen LogP contribution < -0.4 is 4.89 Å². The van der Waals surface area contributed by atoms with E-state index in [9.17, 15) is 19.0 Å². The highest BCUT2D eigenvalue weighted by Crippen LogP contribution is 2.38. The second kappa shape index (κ2) is 71.4. The van der Waals surface area contributed by atoms with E-state index >= 15 is 0 Å². The Hall–Kier alpha value is -3.85. The summed E-state index contributed by atoms with van der Waals surface area (Å²) in [4.78, 5) is 38.1. The van der Waals surface area contributed by atoms with Gasteiger partial charge in [0.25, 0.3) is 7.82 Å². The molecule has 0 heterocycles. The Kier molecular flexibility index (Phi) is 68.5. The minimum absolute atomic E-state index is 0.0341. The smallest absolute Gasteiger partial charge is 0.306 e. The average molecular weight is 1300 g/mol. The molecule has 0 aliphatic carbocycles. The number of rotatable bonds is 69. The number of carbonyl (C=O) groups is 2. The fourth-order valence-corrected chi connectivity index (χ4v) is 11.2. The maximum Gasteiger partial charge on any atom is 0.306 e. The van der Waals surface area contributed by atoms with Gasteiger partial charge in [-0.2, -0.15) is 0 Å². The summed E-state index contributed by atoms with van der Waals surface area (Å²) in [7, 11) is 1.17. The molecule has 0 radical (unpaired) electrons. The Morgan fingerprint density at radius 1 is 0.337 bits per heavy atom. The van der Waals surface area contributed by atoms with E-state index in [1.54, 1.807) is 0 Å². The zero-order valence-electron chi connectivity index (χ0n) is 60.2. The molecule has 0 N–H and O–H groups in total. The number of phosphoric ester groups is 1. The van der Waals surface area contributed by atoms with Gasteiger partial charge in [0.05, 0.1) is 27.7 Å². The number of ether oxygens (including phenoxy) is 2. The van der Waals surface area contributed by atoms with Crippen molar-refractivity contribution >= 4 is 19.8 Å². The predicted octanol–water partition coefficient (Wildman–Crippen LogP) is 24.5. The van der Waals surface area contributed by atoms with Crippen molar-refractivity contribution in [3.05, 3.63) is 134 Å². The lowest BCUT2D eigenvalue weighted by molar-refractivity contribution is -0.870. The standard InChI is InChI=1S/C82H142NO8P/c1-6-8-10-12-14-16-18-20-22-24-26-28-30-32-34-36-37-38-39-40-41-42-43-44-45-47-49-51-53-55-57-59-61-63-65-67-69-71-73-75-82(85)91-80(79-90-92(86,87)89-77-76-83(3,4)5)78-88-81(84)74-72-70-68-66-64-62-60-58-56-54-52-50-48-46-35-33-31-29-27-25-23-21-19-17-15-13-11-9-7-2/h8-11,14-17,20-23,26-29,32-35,37-38,80H,6-7,12-13,18-19,24-25,30-31,36,39-79H2,1-5H3/b10-8-,11-9-,16-14-,17-15-,22-20-,23-21-,28-26-,29-27-,34-32-,35-33-,38-37-. The maximum atomic E-state index is 12.9. The van der Waals surface area contributed by atoms with Crippen LogP contribution in [0.15, 0.2) is 134 Å². The summed E-state index contributed by atoms with van der Waals surface area (Å²) in [6, 6.07) is 0. The van der Waals surface area contributed by atoms with Gasteiger partial charge >= 0.3 is 11.9 Å². The van der Waals surface area contributed by atoms with Gasteiger partial charge in [0.15, 0.2) is 6.10 Å². The molecule has 10 heteroatoms. The van der Waals surface area contributed by atoms with Gasteiger partial charge in [0.2, 0.25) is 0 Å². The van der Waals surface area contributed by atoms with E-state index in [1.165, 1.54) is 180 Å². The lowest BCUT2D eigenvalue weighted by Crippen LogP contribution is -2.37. The molecule has 2 unspecified atom stereocenters. The molecule has 0 aliphatic heterocycles. The van der Waals surface area contributed by atoms with E-state index in [0.29, 0.717) is 17.4 Å². The van der Waals surface area contributed by atoms with E-state index in [0.717, 1.165) is 109 Å². The molecular weight excluding hydrogens is 1160 g/mol. The van der Waals surface area contributed by atoms with Crippen LogP contribution in [0.4, 0.5) is 0 Å². The number of likely N-dealkylation sites (N-methyl/N-ethyl adjacent to an activating group) is 1. The van der Waals surface area contributed by atoms with Crippen LogP contribution in [0.3, 0.4) is 0 Å². The second-order valence-electron chi connectivity index (χ2n) is 26.3. The number of esters is 2. The molecule has 92 heavy (non-hydrogen) atoms. The number of unbranched alkanes of at least 4 members (excludes halogenated alkanes) is 33. The zero-order valence-corrected chi connectivity index (χ0v) is 61.1. The number of phosphoric acid groups is 1. The quantitative estimate of drug-likeness (QED) is 0.0195. The summed E-state index contributed by atoms with van der Waals surface area (Å²) >= 11 is 0. The van der Waals surface area contributed by atoms with Crippen molar-refractivity contribution in [2.24, 2.45) is 0 Å². The molecule has 0 rings (SSSR count). The van der Waals surface area contributed by atoms with E-state index in [-0.39, 0.29) is 32.0 Å². The highest BCUT2D eigenvalue weighted by atomic mass is 31.2. The Morgan fingerprint density at radius 3 is 0.870 bits per heavy atom. The summed E-state index contributed by atoms with van der Waals surface area (Å²) in [5.41, 5.74) is 0. The van der Waals surface area contributed by atoms with E-state index in [4.69, 9.17) is 18.5 Å². The van der Waals surface area contributed by atoms with Crippen molar-refractivity contribution in [1.29, 1.82) is 0 Å². The number of nitrogens with zero attached hydrogens (tertiary/aromatic N) is 1. The predicted molar refractivity (Wildman–Crippen MR) is 397 cm³/mol. The second-order valence-corrected chi connectivity index (χ2v) is 27.7. The first kappa shape index (κ1) is 88.2. The molecule has 0 saturated carbocycles. The average Bonchev–Trinajstić information content (AvgIpc) is 2.14. The normalized spacial score (nSPS) is 13.8. The SMILES string of the molecule is CC/C=C\C/C=C\C/C=C\C/C=C\C/C=C\C/C=C\CCCCCCCCCCCCCCCCCCCCCCC(=O)OC(COC(=O)CCCCCCCCCCCCCCC/C=C\C/C=C\C/C=C\C/C=C\C/C=C\CC)COP(=O)([O-])OCC[N+](C)(C)C. The van der Waals surface area contributed by atoms with E-state index in [1.807, 2.05) is 21.1 Å². The molecule has 0 aromatic heterocycles. The van der Waals surface area contributed by atoms with E-state index in [2.05, 4.69) is 148 Å². The highest BCUT2D eigenvalue weighted by Gasteiger charge is 2.22. The van der Waals surface area contributed by atoms with Crippen LogP contribution in [0.25, 0.3) is 0 Å². The lowest BCUT2D eigenvalue weighted by atomic mass is 10.0. The summed E-state index contributed by atoms with van der Waals surface area (Å²) in [6.07, 6.45) is 104. The van der Waals surface area contributed by atoms with Gasteiger partial charge < -0.3 is 27.9 Å². The molecule has 0 aromatic rings. The molecular formula is C82H142NO8P. The fraction of sp³-hybridized carbons (Fsp3) is 0.707. The fourth-order valence-electron chi connectivity index (χ4n) is 10.5. The molecule has 0 aromatic carbocycles. The first-order valence-corrected chi connectivity index (χ1v) is 39.4. The van der Waals surface area contributed by atoms with Crippen LogP contribution in [0.2, 0.25) is 0 Å². The topological polar surface area (TPSA) is 111 Å². The minimum Gasteiger partial charge on any atom is -0.756 e. The number of hydrogen-bond donors (Lipinski definition) is 0. The van der Waals surface area contributed by atoms with Crippen molar-refractivity contribution in [3.63, 3.8) is 0 Å². The van der Waals surface area contributed by atoms with Crippen LogP contribution in [0.5, 0.6) is 0 Å². The maximum absolute atomic E-state index is 12.9. The third-order valence-corrected chi connectivity index (χ3v) is 17.1. The number of carbonyl (C=O) groups excluding carboxylic acids is 2. The summed E-state index contributed by atoms with van der Waals surface area (Å²) in [5.74, 6) is -0.827. The van der Waals surface area contributed by atoms with Gasteiger partial charge in [-0.15, -0.1) is 0 Å². The largest absolute Gasteiger partial charge is 0.756 e. The molecule has 0 saturated heterocycles. The summed E-state index contributed by atoms with van der Waals surface area (Å²) in [5, 5.41) is 0. The van der Waals surface area contributed by atoms with Gasteiger partial charge in [-0.25, -0.2) is 0 Å². The van der Waals surface area contributed by atoms with Gasteiger partial charge in [0.1, 0.15) is 19.8 Å². The third kappa shape index (κ3) is 75.2. The van der Waals surface area contributed by atoms with Crippen molar-refractivity contribution in [1.82, 2.24) is 0 Å². The first-order valence-electron chi connectivity index (χ1n) is 37.9. The molecule has 9 nitrogen and oxygen atoms in total. The Morgan fingerprint density at radius 2 is 0.587 bits per heavy atom. The minimum atomic E-state index is -4.65. The zero-order chi connectivity index (χ0) is 66.9. The summed E-state index contributed by atoms with van der Waals surface area (Å²) < 4.78 is 34.4. The molecule has 0 aliphatic rings. The van der Waals surface area contributed by atoms with Gasteiger partial charge in [0, 0.05) is 12.8 Å². The van der Waals surface area contributed by atoms with Gasteiger partial charge in [-0.3, -0.25) is 14.2 Å². The van der Waals surface area contributed by atoms with Crippen molar-refractivity contribution in [2.75, 3.05) is 47.5 Å². The van der Waals surface area contributed by atoms with Crippen LogP contribution >= 0.6 is 7.82 Å². The summed E-state index contributed by atoms with van der Waals surface area (Å²) in [6.45, 7) is 4.04. The molecule has 2 atom stereocenters. The van der Waals surface area contributed by atoms with Crippen LogP contribution in [0, 0.1) is 0 Å². The third-order valence-electron chi connectivity index (χ3n) is 16.2. The van der Waals surface area contributed by atoms with Crippen LogP contribution in [0.1, 0.15) is 322 Å². The Bertz CT molecular complexity index is 2020. The molecule has 0 spiro atoms. The number of quaternary nitrogens is 1. The van der Waals surface area contributed by atoms with Crippen molar-refractivity contribution in [3.8, 4) is 0 Å². The Labute approximate surface area is 568 Å². The number of hydrogen-bond acceptors (Lipinski definition) is 8. The molecule has 0 bridgehead atoms.